The molecule has 1 aromatic heterocycles. The number of nitrogens with two attached hydrogens (primary N) is 1. The first-order valence-electron chi connectivity index (χ1n) is 7.52. The second-order valence-electron chi connectivity index (χ2n) is 6.25. The first kappa shape index (κ1) is 12.9. The highest BCUT2D eigenvalue weighted by Crippen LogP contribution is 2.39. The van der Waals surface area contributed by atoms with Gasteiger partial charge in [0.1, 0.15) is 5.82 Å². The van der Waals surface area contributed by atoms with Crippen molar-refractivity contribution in [3.63, 3.8) is 0 Å². The number of aromatic nitrogens is 2. The summed E-state index contributed by atoms with van der Waals surface area (Å²) in [5.74, 6) is 2.13. The minimum absolute atomic E-state index is 0.366. The van der Waals surface area contributed by atoms with Crippen molar-refractivity contribution in [2.45, 2.75) is 57.4 Å². The van der Waals surface area contributed by atoms with Gasteiger partial charge in [-0.2, -0.15) is 0 Å². The zero-order valence-corrected chi connectivity index (χ0v) is 12.0. The number of anilines is 1. The third-order valence-electron chi connectivity index (χ3n) is 4.19. The fraction of sp³-hybridized carbons (Fsp3) is 0.733. The van der Waals surface area contributed by atoms with Crippen molar-refractivity contribution in [1.82, 2.24) is 9.97 Å². The maximum atomic E-state index is 5.99. The van der Waals surface area contributed by atoms with Gasteiger partial charge in [0.25, 0.3) is 0 Å². The van der Waals surface area contributed by atoms with E-state index in [9.17, 15) is 0 Å². The van der Waals surface area contributed by atoms with Gasteiger partial charge in [0.15, 0.2) is 0 Å². The minimum atomic E-state index is 0.366. The highest BCUT2D eigenvalue weighted by Gasteiger charge is 2.28. The molecular formula is C15H24N4. The largest absolute Gasteiger partial charge is 0.369 e. The van der Waals surface area contributed by atoms with E-state index in [0.717, 1.165) is 31.8 Å². The van der Waals surface area contributed by atoms with E-state index in [1.165, 1.54) is 24.2 Å². The molecule has 2 fully saturated rings. The lowest BCUT2D eigenvalue weighted by Crippen LogP contribution is -2.40. The molecule has 0 spiro atoms. The Bertz CT molecular complexity index is 445. The molecule has 4 heteroatoms. The molecule has 0 bridgehead atoms. The van der Waals surface area contributed by atoms with Gasteiger partial charge in [0.2, 0.25) is 0 Å². The van der Waals surface area contributed by atoms with Crippen molar-refractivity contribution in [2.75, 3.05) is 18.0 Å². The van der Waals surface area contributed by atoms with E-state index in [4.69, 9.17) is 10.7 Å². The smallest absolute Gasteiger partial charge is 0.131 e. The lowest BCUT2D eigenvalue weighted by atomic mass is 10.0. The number of rotatable bonds is 3. The number of piperidine rings is 1. The van der Waals surface area contributed by atoms with E-state index in [0.29, 0.717) is 17.9 Å². The van der Waals surface area contributed by atoms with Crippen LogP contribution in [0.1, 0.15) is 62.9 Å². The fourth-order valence-electron chi connectivity index (χ4n) is 2.75. The van der Waals surface area contributed by atoms with Gasteiger partial charge in [0, 0.05) is 25.0 Å². The molecule has 1 aliphatic heterocycles. The molecule has 0 radical (unpaired) electrons. The van der Waals surface area contributed by atoms with E-state index >= 15 is 0 Å². The summed E-state index contributed by atoms with van der Waals surface area (Å²) < 4.78 is 0. The molecular weight excluding hydrogens is 236 g/mol. The Morgan fingerprint density at radius 3 is 2.47 bits per heavy atom. The van der Waals surface area contributed by atoms with Gasteiger partial charge in [0.05, 0.1) is 17.6 Å². The Morgan fingerprint density at radius 1 is 1.21 bits per heavy atom. The average molecular weight is 260 g/mol. The van der Waals surface area contributed by atoms with E-state index < -0.39 is 0 Å². The molecule has 0 aromatic carbocycles. The van der Waals surface area contributed by atoms with Crippen molar-refractivity contribution < 1.29 is 0 Å². The van der Waals surface area contributed by atoms with Crippen LogP contribution in [-0.2, 0) is 0 Å². The second kappa shape index (κ2) is 5.08. The Morgan fingerprint density at radius 2 is 1.89 bits per heavy atom. The SMILES string of the molecule is CC(C)c1nc(C2CC2)ncc1N1CCC(N)CC1. The Labute approximate surface area is 115 Å². The van der Waals surface area contributed by atoms with E-state index in [1.54, 1.807) is 0 Å². The van der Waals surface area contributed by atoms with Crippen molar-refractivity contribution in [3.05, 3.63) is 17.7 Å². The van der Waals surface area contributed by atoms with Crippen LogP contribution in [0.25, 0.3) is 0 Å². The van der Waals surface area contributed by atoms with E-state index in [1.807, 2.05) is 6.20 Å². The van der Waals surface area contributed by atoms with Crippen LogP contribution in [0.2, 0.25) is 0 Å². The van der Waals surface area contributed by atoms with Gasteiger partial charge in [-0.3, -0.25) is 0 Å². The molecule has 2 heterocycles. The summed E-state index contributed by atoms with van der Waals surface area (Å²) in [7, 11) is 0. The Balaban J connectivity index is 1.86. The highest BCUT2D eigenvalue weighted by atomic mass is 15.2. The van der Waals surface area contributed by atoms with Gasteiger partial charge in [-0.1, -0.05) is 13.8 Å². The molecule has 0 amide bonds. The number of hydrogen-bond acceptors (Lipinski definition) is 4. The average Bonchev–Trinajstić information content (AvgIpc) is 3.23. The summed E-state index contributed by atoms with van der Waals surface area (Å²) in [6.07, 6.45) is 6.71. The molecule has 104 valence electrons. The Kier molecular flexibility index (Phi) is 3.44. The van der Waals surface area contributed by atoms with Crippen LogP contribution in [0.5, 0.6) is 0 Å². The first-order valence-corrected chi connectivity index (χ1v) is 7.52. The quantitative estimate of drug-likeness (QED) is 0.906. The van der Waals surface area contributed by atoms with Crippen LogP contribution in [0.3, 0.4) is 0 Å². The second-order valence-corrected chi connectivity index (χ2v) is 6.25. The summed E-state index contributed by atoms with van der Waals surface area (Å²) in [4.78, 5) is 11.9. The minimum Gasteiger partial charge on any atom is -0.369 e. The van der Waals surface area contributed by atoms with Crippen LogP contribution >= 0.6 is 0 Å². The molecule has 3 rings (SSSR count). The van der Waals surface area contributed by atoms with Crippen LogP contribution in [0, 0.1) is 0 Å². The van der Waals surface area contributed by atoms with Gasteiger partial charge < -0.3 is 10.6 Å². The van der Waals surface area contributed by atoms with Crippen LogP contribution in [0.4, 0.5) is 5.69 Å². The molecule has 0 atom stereocenters. The molecule has 2 N–H and O–H groups in total. The highest BCUT2D eigenvalue weighted by molar-refractivity contribution is 5.51. The monoisotopic (exact) mass is 260 g/mol. The third-order valence-corrected chi connectivity index (χ3v) is 4.19. The standard InChI is InChI=1S/C15H24N4/c1-10(2)14-13(19-7-5-12(16)6-8-19)9-17-15(18-14)11-3-4-11/h9-12H,3-8,16H2,1-2H3. The van der Waals surface area contributed by atoms with Crippen LogP contribution < -0.4 is 10.6 Å². The van der Waals surface area contributed by atoms with Crippen molar-refractivity contribution in [3.8, 4) is 0 Å². The van der Waals surface area contributed by atoms with Crippen LogP contribution in [0.15, 0.2) is 6.20 Å². The molecule has 2 aliphatic rings. The molecule has 0 unspecified atom stereocenters. The summed E-state index contributed by atoms with van der Waals surface area (Å²) in [6.45, 7) is 6.51. The van der Waals surface area contributed by atoms with Crippen molar-refractivity contribution in [1.29, 1.82) is 0 Å². The maximum absolute atomic E-state index is 5.99. The molecule has 1 saturated carbocycles. The Hall–Kier alpha value is -1.16. The predicted molar refractivity (Wildman–Crippen MR) is 77.5 cm³/mol. The molecule has 4 nitrogen and oxygen atoms in total. The lowest BCUT2D eigenvalue weighted by molar-refractivity contribution is 0.498. The van der Waals surface area contributed by atoms with Crippen molar-refractivity contribution >= 4 is 5.69 Å². The van der Waals surface area contributed by atoms with E-state index in [2.05, 4.69) is 23.7 Å². The number of nitrogens with zero attached hydrogens (tertiary/aromatic N) is 3. The lowest BCUT2D eigenvalue weighted by Gasteiger charge is -2.33. The molecule has 1 saturated heterocycles. The summed E-state index contributed by atoms with van der Waals surface area (Å²) in [5.41, 5.74) is 8.43. The van der Waals surface area contributed by atoms with Gasteiger partial charge in [-0.05, 0) is 31.6 Å². The van der Waals surface area contributed by atoms with Gasteiger partial charge in [-0.25, -0.2) is 9.97 Å². The van der Waals surface area contributed by atoms with Gasteiger partial charge in [-0.15, -0.1) is 0 Å². The van der Waals surface area contributed by atoms with Crippen LogP contribution in [-0.4, -0.2) is 29.1 Å². The normalized spacial score (nSPS) is 21.2. The maximum Gasteiger partial charge on any atom is 0.131 e. The zero-order chi connectivity index (χ0) is 13.4. The topological polar surface area (TPSA) is 55.0 Å². The summed E-state index contributed by atoms with van der Waals surface area (Å²) in [6, 6.07) is 0.366. The van der Waals surface area contributed by atoms with E-state index in [-0.39, 0.29) is 0 Å². The third kappa shape index (κ3) is 2.73. The molecule has 1 aromatic rings. The number of hydrogen-bond donors (Lipinski definition) is 1. The van der Waals surface area contributed by atoms with Crippen molar-refractivity contribution in [2.24, 2.45) is 5.73 Å². The predicted octanol–water partition coefficient (Wildman–Crippen LogP) is 2.40. The van der Waals surface area contributed by atoms with Gasteiger partial charge >= 0.3 is 0 Å². The molecule has 19 heavy (non-hydrogen) atoms. The first-order chi connectivity index (χ1) is 9.15. The fourth-order valence-corrected chi connectivity index (χ4v) is 2.75. The summed E-state index contributed by atoms with van der Waals surface area (Å²) in [5, 5.41) is 0. The summed E-state index contributed by atoms with van der Waals surface area (Å²) >= 11 is 0. The molecule has 1 aliphatic carbocycles. The zero-order valence-electron chi connectivity index (χ0n) is 12.0.